The van der Waals surface area contributed by atoms with Crippen LogP contribution < -0.4 is 5.32 Å². The Hall–Kier alpha value is -2.63. The molecule has 1 unspecified atom stereocenters. The number of benzene rings is 1. The van der Waals surface area contributed by atoms with Gasteiger partial charge in [-0.15, -0.1) is 10.2 Å². The predicted octanol–water partition coefficient (Wildman–Crippen LogP) is 4.16. The number of rotatable bonds is 7. The lowest BCUT2D eigenvalue weighted by Crippen LogP contribution is -2.27. The zero-order valence-electron chi connectivity index (χ0n) is 16.7. The van der Waals surface area contributed by atoms with Gasteiger partial charge in [0.2, 0.25) is 17.7 Å². The average molecular weight is 393 g/mol. The first-order chi connectivity index (χ1) is 14.2. The van der Waals surface area contributed by atoms with Crippen LogP contribution in [0.1, 0.15) is 62.3 Å². The molecule has 0 bridgehead atoms. The highest BCUT2D eigenvalue weighted by Crippen LogP contribution is 2.60. The second kappa shape index (κ2) is 7.65. The van der Waals surface area contributed by atoms with Crippen molar-refractivity contribution in [3.8, 4) is 0 Å². The van der Waals surface area contributed by atoms with E-state index in [1.807, 2.05) is 18.3 Å². The molecule has 5 rings (SSSR count). The van der Waals surface area contributed by atoms with E-state index < -0.39 is 0 Å². The molecule has 2 saturated carbocycles. The summed E-state index contributed by atoms with van der Waals surface area (Å²) in [7, 11) is 0. The van der Waals surface area contributed by atoms with E-state index >= 15 is 0 Å². The number of fused-ring (bicyclic) bond motifs is 1. The maximum atomic E-state index is 12.2. The van der Waals surface area contributed by atoms with Gasteiger partial charge in [0.25, 0.3) is 0 Å². The highest BCUT2D eigenvalue weighted by Gasteiger charge is 2.53. The Labute approximate surface area is 170 Å². The van der Waals surface area contributed by atoms with Crippen molar-refractivity contribution >= 4 is 16.8 Å². The fraction of sp³-hybridized carbons (Fsp3) is 0.522. The summed E-state index contributed by atoms with van der Waals surface area (Å²) in [5.74, 6) is 1.89. The summed E-state index contributed by atoms with van der Waals surface area (Å²) in [6.45, 7) is 0.828. The first kappa shape index (κ1) is 18.4. The number of aryl methyl sites for hydroxylation is 1. The van der Waals surface area contributed by atoms with Crippen molar-refractivity contribution in [2.45, 2.75) is 57.8 Å². The fourth-order valence-electron chi connectivity index (χ4n) is 5.04. The van der Waals surface area contributed by atoms with Gasteiger partial charge in [-0.3, -0.25) is 4.79 Å². The minimum atomic E-state index is 0.0826. The molecule has 6 nitrogen and oxygen atoms in total. The summed E-state index contributed by atoms with van der Waals surface area (Å²) < 4.78 is 5.77. The van der Waals surface area contributed by atoms with Crippen LogP contribution in [0.4, 0.5) is 0 Å². The topological polar surface area (TPSA) is 83.8 Å². The second-order valence-electron chi connectivity index (χ2n) is 8.75. The summed E-state index contributed by atoms with van der Waals surface area (Å²) in [5.41, 5.74) is 2.80. The Balaban J connectivity index is 1.09. The Kier molecular flexibility index (Phi) is 4.86. The van der Waals surface area contributed by atoms with E-state index in [9.17, 15) is 4.79 Å². The summed E-state index contributed by atoms with van der Waals surface area (Å²) in [5, 5.41) is 12.6. The molecule has 1 amide bonds. The third-order valence-corrected chi connectivity index (χ3v) is 6.85. The molecule has 0 aliphatic heterocycles. The van der Waals surface area contributed by atoms with E-state index in [1.54, 1.807) is 0 Å². The molecule has 0 radical (unpaired) electrons. The lowest BCUT2D eigenvalue weighted by Gasteiger charge is -2.22. The Morgan fingerprint density at radius 3 is 2.90 bits per heavy atom. The van der Waals surface area contributed by atoms with Gasteiger partial charge in [-0.2, -0.15) is 0 Å². The molecule has 2 aliphatic carbocycles. The number of nitrogens with one attached hydrogen (secondary N) is 2. The normalized spacial score (nSPS) is 20.2. The van der Waals surface area contributed by atoms with E-state index in [-0.39, 0.29) is 5.91 Å². The van der Waals surface area contributed by atoms with Crippen LogP contribution in [0.2, 0.25) is 0 Å². The van der Waals surface area contributed by atoms with Gasteiger partial charge in [0.05, 0.1) is 6.42 Å². The number of hydrogen-bond donors (Lipinski definition) is 2. The number of aromatic nitrogens is 3. The van der Waals surface area contributed by atoms with Crippen LogP contribution in [0.15, 0.2) is 34.9 Å². The largest absolute Gasteiger partial charge is 0.425 e. The maximum absolute atomic E-state index is 12.2. The second-order valence-corrected chi connectivity index (χ2v) is 8.75. The molecule has 2 heterocycles. The van der Waals surface area contributed by atoms with Gasteiger partial charge >= 0.3 is 0 Å². The van der Waals surface area contributed by atoms with Gasteiger partial charge in [0, 0.05) is 36.5 Å². The van der Waals surface area contributed by atoms with Crippen molar-refractivity contribution in [2.24, 2.45) is 11.3 Å². The standard InChI is InChI=1S/C23H28N4O2/c28-20(25-15-17-13-23(17)10-4-1-5-11-23)8-9-21-26-27-22(29-21)12-16-14-24-19-7-3-2-6-18(16)19/h2-3,6-7,14,17,24H,1,4-5,8-13,15H2,(H,25,28). The number of nitrogens with zero attached hydrogens (tertiary/aromatic N) is 2. The molecular weight excluding hydrogens is 364 g/mol. The molecule has 1 aromatic carbocycles. The van der Waals surface area contributed by atoms with Crippen LogP contribution in [0.25, 0.3) is 10.9 Å². The van der Waals surface area contributed by atoms with Crippen LogP contribution in [0.5, 0.6) is 0 Å². The minimum absolute atomic E-state index is 0.0826. The Bertz CT molecular complexity index is 999. The van der Waals surface area contributed by atoms with Crippen LogP contribution >= 0.6 is 0 Å². The van der Waals surface area contributed by atoms with Crippen molar-refractivity contribution in [1.82, 2.24) is 20.5 Å². The van der Waals surface area contributed by atoms with E-state index in [2.05, 4.69) is 32.6 Å². The zero-order valence-corrected chi connectivity index (χ0v) is 16.7. The van der Waals surface area contributed by atoms with E-state index in [4.69, 9.17) is 4.42 Å². The third kappa shape index (κ3) is 3.93. The Morgan fingerprint density at radius 2 is 2.00 bits per heavy atom. The molecule has 1 atom stereocenters. The fourth-order valence-corrected chi connectivity index (χ4v) is 5.04. The molecule has 2 N–H and O–H groups in total. The quantitative estimate of drug-likeness (QED) is 0.632. The molecule has 0 saturated heterocycles. The monoisotopic (exact) mass is 392 g/mol. The smallest absolute Gasteiger partial charge is 0.221 e. The molecule has 2 aromatic heterocycles. The molecule has 1 spiro atoms. The molecule has 29 heavy (non-hydrogen) atoms. The molecule has 152 valence electrons. The van der Waals surface area contributed by atoms with Crippen molar-refractivity contribution in [3.63, 3.8) is 0 Å². The molecule has 2 fully saturated rings. The van der Waals surface area contributed by atoms with Gasteiger partial charge < -0.3 is 14.7 Å². The first-order valence-corrected chi connectivity index (χ1v) is 10.8. The number of para-hydroxylation sites is 1. The van der Waals surface area contributed by atoms with E-state index in [0.29, 0.717) is 42.4 Å². The SMILES string of the molecule is O=C(CCc1nnc(Cc2c[nH]c3ccccc23)o1)NCC1CC12CCCCC2. The van der Waals surface area contributed by atoms with Crippen molar-refractivity contribution < 1.29 is 9.21 Å². The highest BCUT2D eigenvalue weighted by atomic mass is 16.4. The number of H-pyrrole nitrogens is 1. The number of hydrogen-bond acceptors (Lipinski definition) is 4. The highest BCUT2D eigenvalue weighted by molar-refractivity contribution is 5.83. The Morgan fingerprint density at radius 1 is 1.17 bits per heavy atom. The molecule has 2 aliphatic rings. The molecule has 6 heteroatoms. The molecular formula is C23H28N4O2. The van der Waals surface area contributed by atoms with Crippen molar-refractivity contribution in [1.29, 1.82) is 0 Å². The summed E-state index contributed by atoms with van der Waals surface area (Å²) in [6.07, 6.45) is 11.6. The first-order valence-electron chi connectivity index (χ1n) is 10.8. The van der Waals surface area contributed by atoms with E-state index in [0.717, 1.165) is 17.6 Å². The number of aromatic amines is 1. The lowest BCUT2D eigenvalue weighted by molar-refractivity contribution is -0.121. The zero-order chi connectivity index (χ0) is 19.7. The maximum Gasteiger partial charge on any atom is 0.221 e. The third-order valence-electron chi connectivity index (χ3n) is 6.85. The van der Waals surface area contributed by atoms with Gasteiger partial charge in [-0.05, 0) is 42.2 Å². The summed E-state index contributed by atoms with van der Waals surface area (Å²) >= 11 is 0. The number of carbonyl (C=O) groups excluding carboxylic acids is 1. The van der Waals surface area contributed by atoms with Crippen LogP contribution in [-0.4, -0.2) is 27.6 Å². The minimum Gasteiger partial charge on any atom is -0.425 e. The van der Waals surface area contributed by atoms with Gasteiger partial charge in [-0.25, -0.2) is 0 Å². The lowest BCUT2D eigenvalue weighted by atomic mass is 9.84. The van der Waals surface area contributed by atoms with Gasteiger partial charge in [0.1, 0.15) is 0 Å². The number of carbonyl (C=O) groups is 1. The van der Waals surface area contributed by atoms with Crippen LogP contribution in [0.3, 0.4) is 0 Å². The van der Waals surface area contributed by atoms with Crippen LogP contribution in [0, 0.1) is 11.3 Å². The summed E-state index contributed by atoms with van der Waals surface area (Å²) in [6, 6.07) is 8.17. The van der Waals surface area contributed by atoms with E-state index in [1.165, 1.54) is 43.9 Å². The van der Waals surface area contributed by atoms with Gasteiger partial charge in [-0.1, -0.05) is 37.5 Å². The number of amides is 1. The van der Waals surface area contributed by atoms with Crippen molar-refractivity contribution in [3.05, 3.63) is 47.8 Å². The molecule has 3 aromatic rings. The van der Waals surface area contributed by atoms with Crippen molar-refractivity contribution in [2.75, 3.05) is 6.54 Å². The average Bonchev–Trinajstić information content (AvgIpc) is 3.09. The summed E-state index contributed by atoms with van der Waals surface area (Å²) in [4.78, 5) is 15.5. The van der Waals surface area contributed by atoms with Crippen LogP contribution in [-0.2, 0) is 17.6 Å². The predicted molar refractivity (Wildman–Crippen MR) is 110 cm³/mol. The van der Waals surface area contributed by atoms with Gasteiger partial charge in [0.15, 0.2) is 0 Å².